The highest BCUT2D eigenvalue weighted by molar-refractivity contribution is 7.15. The fourth-order valence-electron chi connectivity index (χ4n) is 2.71. The number of piperidine rings is 1. The number of ether oxygens (including phenoxy) is 1. The number of fused-ring (bicyclic) bond motifs is 1. The third-order valence-electron chi connectivity index (χ3n) is 3.83. The van der Waals surface area contributed by atoms with Crippen molar-refractivity contribution in [2.24, 2.45) is 5.92 Å². The first-order valence-electron chi connectivity index (χ1n) is 7.46. The Morgan fingerprint density at radius 1 is 1.50 bits per heavy atom. The summed E-state index contributed by atoms with van der Waals surface area (Å²) >= 11 is 1.51. The summed E-state index contributed by atoms with van der Waals surface area (Å²) in [4.78, 5) is 30.8. The molecule has 0 aliphatic carbocycles. The summed E-state index contributed by atoms with van der Waals surface area (Å²) in [5.41, 5.74) is 0.663. The van der Waals surface area contributed by atoms with Crippen LogP contribution in [0.15, 0.2) is 17.8 Å². The fourth-order valence-corrected chi connectivity index (χ4v) is 3.43. The SMILES string of the molecule is CC1CCCN(C(=O)COC(=O)Cc2cn3ccsc3n2)C1. The lowest BCUT2D eigenvalue weighted by molar-refractivity contribution is -0.152. The molecular weight excluding hydrogens is 302 g/mol. The van der Waals surface area contributed by atoms with Crippen LogP contribution in [0.25, 0.3) is 4.96 Å². The van der Waals surface area contributed by atoms with E-state index >= 15 is 0 Å². The molecule has 2 aromatic rings. The fraction of sp³-hybridized carbons (Fsp3) is 0.533. The minimum Gasteiger partial charge on any atom is -0.455 e. The van der Waals surface area contributed by atoms with E-state index in [4.69, 9.17) is 4.74 Å². The summed E-state index contributed by atoms with van der Waals surface area (Å²) in [5.74, 6) is 0.00164. The number of amides is 1. The molecule has 0 bridgehead atoms. The van der Waals surface area contributed by atoms with E-state index in [-0.39, 0.29) is 18.9 Å². The van der Waals surface area contributed by atoms with Crippen molar-refractivity contribution in [3.8, 4) is 0 Å². The zero-order chi connectivity index (χ0) is 15.5. The van der Waals surface area contributed by atoms with Gasteiger partial charge in [0.05, 0.1) is 12.1 Å². The standard InChI is InChI=1S/C15H19N3O3S/c1-11-3-2-4-17(8-11)13(19)10-21-14(20)7-12-9-18-5-6-22-15(18)16-12/h5-6,9,11H,2-4,7-8,10H2,1H3. The Hall–Kier alpha value is -1.89. The lowest BCUT2D eigenvalue weighted by Crippen LogP contribution is -2.41. The number of rotatable bonds is 4. The number of aromatic nitrogens is 2. The second kappa shape index (κ2) is 6.48. The number of thiazole rings is 1. The molecule has 1 unspecified atom stereocenters. The normalized spacial score (nSPS) is 18.6. The van der Waals surface area contributed by atoms with Crippen LogP contribution in [0.4, 0.5) is 0 Å². The number of hydrogen-bond acceptors (Lipinski definition) is 5. The van der Waals surface area contributed by atoms with Gasteiger partial charge >= 0.3 is 5.97 Å². The summed E-state index contributed by atoms with van der Waals surface area (Å²) in [6, 6.07) is 0. The highest BCUT2D eigenvalue weighted by Crippen LogP contribution is 2.15. The molecule has 6 nitrogen and oxygen atoms in total. The second-order valence-electron chi connectivity index (χ2n) is 5.75. The number of hydrogen-bond donors (Lipinski definition) is 0. The van der Waals surface area contributed by atoms with E-state index in [1.54, 1.807) is 11.1 Å². The minimum atomic E-state index is -0.413. The van der Waals surface area contributed by atoms with Crippen LogP contribution in [0.2, 0.25) is 0 Å². The van der Waals surface area contributed by atoms with Gasteiger partial charge in [-0.05, 0) is 18.8 Å². The van der Waals surface area contributed by atoms with Gasteiger partial charge in [0.25, 0.3) is 5.91 Å². The molecule has 118 valence electrons. The largest absolute Gasteiger partial charge is 0.455 e. The van der Waals surface area contributed by atoms with Crippen LogP contribution in [-0.2, 0) is 20.7 Å². The molecule has 22 heavy (non-hydrogen) atoms. The molecule has 1 amide bonds. The van der Waals surface area contributed by atoms with Crippen molar-refractivity contribution in [1.29, 1.82) is 0 Å². The van der Waals surface area contributed by atoms with E-state index in [1.807, 2.05) is 16.0 Å². The van der Waals surface area contributed by atoms with Crippen LogP contribution in [0, 0.1) is 5.92 Å². The summed E-state index contributed by atoms with van der Waals surface area (Å²) in [5, 5.41) is 1.93. The molecule has 7 heteroatoms. The van der Waals surface area contributed by atoms with Gasteiger partial charge in [0.15, 0.2) is 11.6 Å². The van der Waals surface area contributed by atoms with E-state index in [0.717, 1.165) is 30.9 Å². The van der Waals surface area contributed by atoms with Crippen LogP contribution in [0.3, 0.4) is 0 Å². The molecule has 3 heterocycles. The lowest BCUT2D eigenvalue weighted by Gasteiger charge is -2.30. The van der Waals surface area contributed by atoms with Crippen molar-refractivity contribution in [2.45, 2.75) is 26.2 Å². The molecule has 1 saturated heterocycles. The van der Waals surface area contributed by atoms with Gasteiger partial charge in [0.1, 0.15) is 0 Å². The predicted molar refractivity (Wildman–Crippen MR) is 82.7 cm³/mol. The van der Waals surface area contributed by atoms with Crippen LogP contribution in [0.1, 0.15) is 25.5 Å². The summed E-state index contributed by atoms with van der Waals surface area (Å²) < 4.78 is 6.96. The number of carbonyl (C=O) groups excluding carboxylic acids is 2. The van der Waals surface area contributed by atoms with Gasteiger partial charge in [-0.1, -0.05) is 6.92 Å². The molecule has 0 N–H and O–H groups in total. The Morgan fingerprint density at radius 3 is 3.14 bits per heavy atom. The molecule has 0 saturated carbocycles. The van der Waals surface area contributed by atoms with Gasteiger partial charge in [-0.2, -0.15) is 0 Å². The maximum absolute atomic E-state index is 12.0. The van der Waals surface area contributed by atoms with Gasteiger partial charge < -0.3 is 9.64 Å². The third-order valence-corrected chi connectivity index (χ3v) is 4.61. The van der Waals surface area contributed by atoms with E-state index < -0.39 is 5.97 Å². The Labute approximate surface area is 132 Å². The highest BCUT2D eigenvalue weighted by Gasteiger charge is 2.22. The Bertz CT molecular complexity index is 650. The molecular formula is C15H19N3O3S. The van der Waals surface area contributed by atoms with Crippen molar-refractivity contribution < 1.29 is 14.3 Å². The Balaban J connectivity index is 1.47. The van der Waals surface area contributed by atoms with Crippen molar-refractivity contribution in [2.75, 3.05) is 19.7 Å². The van der Waals surface area contributed by atoms with Crippen LogP contribution in [-0.4, -0.2) is 45.9 Å². The Morgan fingerprint density at radius 2 is 2.36 bits per heavy atom. The molecule has 0 aromatic carbocycles. The molecule has 1 aliphatic heterocycles. The number of imidazole rings is 1. The van der Waals surface area contributed by atoms with E-state index in [1.165, 1.54) is 11.3 Å². The molecule has 1 fully saturated rings. The average Bonchev–Trinajstić information content (AvgIpc) is 3.06. The van der Waals surface area contributed by atoms with E-state index in [9.17, 15) is 9.59 Å². The monoisotopic (exact) mass is 321 g/mol. The van der Waals surface area contributed by atoms with E-state index in [0.29, 0.717) is 11.6 Å². The average molecular weight is 321 g/mol. The summed E-state index contributed by atoms with van der Waals surface area (Å²) in [7, 11) is 0. The molecule has 1 aliphatic rings. The minimum absolute atomic E-state index is 0.0953. The van der Waals surface area contributed by atoms with Crippen molar-refractivity contribution in [3.63, 3.8) is 0 Å². The first-order chi connectivity index (χ1) is 10.6. The van der Waals surface area contributed by atoms with E-state index in [2.05, 4.69) is 11.9 Å². The lowest BCUT2D eigenvalue weighted by atomic mass is 10.0. The highest BCUT2D eigenvalue weighted by atomic mass is 32.1. The van der Waals surface area contributed by atoms with Crippen molar-refractivity contribution >= 4 is 28.2 Å². The first kappa shape index (κ1) is 15.0. The number of nitrogens with zero attached hydrogens (tertiary/aromatic N) is 3. The smallest absolute Gasteiger partial charge is 0.312 e. The quantitative estimate of drug-likeness (QED) is 0.805. The maximum atomic E-state index is 12.0. The number of carbonyl (C=O) groups is 2. The predicted octanol–water partition coefficient (Wildman–Crippen LogP) is 1.74. The van der Waals surface area contributed by atoms with Gasteiger partial charge in [-0.3, -0.25) is 14.0 Å². The Kier molecular flexibility index (Phi) is 4.42. The topological polar surface area (TPSA) is 63.9 Å². The number of esters is 1. The molecule has 1 atom stereocenters. The first-order valence-corrected chi connectivity index (χ1v) is 8.34. The molecule has 3 rings (SSSR count). The van der Waals surface area contributed by atoms with Gasteiger partial charge in [-0.25, -0.2) is 4.98 Å². The van der Waals surface area contributed by atoms with Gasteiger partial charge in [0.2, 0.25) is 0 Å². The van der Waals surface area contributed by atoms with Crippen LogP contribution >= 0.6 is 11.3 Å². The zero-order valence-corrected chi connectivity index (χ0v) is 13.3. The van der Waals surface area contributed by atoms with Crippen molar-refractivity contribution in [1.82, 2.24) is 14.3 Å². The van der Waals surface area contributed by atoms with Gasteiger partial charge in [-0.15, -0.1) is 11.3 Å². The summed E-state index contributed by atoms with van der Waals surface area (Å²) in [6.45, 7) is 3.48. The van der Waals surface area contributed by atoms with Crippen LogP contribution in [0.5, 0.6) is 0 Å². The zero-order valence-electron chi connectivity index (χ0n) is 12.5. The van der Waals surface area contributed by atoms with Gasteiger partial charge in [0, 0.05) is 30.9 Å². The molecule has 0 radical (unpaired) electrons. The van der Waals surface area contributed by atoms with Crippen molar-refractivity contribution in [3.05, 3.63) is 23.5 Å². The third kappa shape index (κ3) is 3.47. The van der Waals surface area contributed by atoms with Crippen LogP contribution < -0.4 is 0 Å². The second-order valence-corrected chi connectivity index (χ2v) is 6.62. The molecule has 2 aromatic heterocycles. The summed E-state index contributed by atoms with van der Waals surface area (Å²) in [6.07, 6.45) is 5.97. The maximum Gasteiger partial charge on any atom is 0.312 e. The number of likely N-dealkylation sites (tertiary alicyclic amines) is 1. The molecule has 0 spiro atoms.